The van der Waals surface area contributed by atoms with E-state index in [4.69, 9.17) is 4.42 Å². The van der Waals surface area contributed by atoms with Crippen molar-refractivity contribution in [3.05, 3.63) is 45.3 Å². The Bertz CT molecular complexity index is 890. The normalized spacial score (nSPS) is 16.8. The Balaban J connectivity index is 2.04. The number of rotatable bonds is 2. The average Bonchev–Trinajstić information content (AvgIpc) is 2.54. The van der Waals surface area contributed by atoms with Gasteiger partial charge in [0.25, 0.3) is 0 Å². The summed E-state index contributed by atoms with van der Waals surface area (Å²) in [4.78, 5) is 25.7. The van der Waals surface area contributed by atoms with E-state index in [1.807, 2.05) is 0 Å². The van der Waals surface area contributed by atoms with E-state index in [2.05, 4.69) is 11.0 Å². The largest absolute Gasteiger partial charge is 0.422 e. The van der Waals surface area contributed by atoms with Crippen LogP contribution in [0.5, 0.6) is 0 Å². The van der Waals surface area contributed by atoms with Crippen LogP contribution in [0.3, 0.4) is 0 Å². The molecule has 0 saturated carbocycles. The third kappa shape index (κ3) is 2.38. The molecule has 0 amide bonds. The maximum absolute atomic E-state index is 12.0. The van der Waals surface area contributed by atoms with E-state index in [1.54, 1.807) is 6.08 Å². The molecule has 118 valence electrons. The number of anilines is 1. The first-order chi connectivity index (χ1) is 11.1. The second kappa shape index (κ2) is 5.37. The predicted octanol–water partition coefficient (Wildman–Crippen LogP) is 3.09. The van der Waals surface area contributed by atoms with Crippen molar-refractivity contribution in [3.8, 4) is 0 Å². The number of aryl methyl sites for hydroxylation is 2. The van der Waals surface area contributed by atoms with Crippen molar-refractivity contribution >= 4 is 28.5 Å². The molecule has 0 radical (unpaired) electrons. The van der Waals surface area contributed by atoms with Crippen molar-refractivity contribution < 1.29 is 9.21 Å². The van der Waals surface area contributed by atoms with Gasteiger partial charge in [0.2, 0.25) is 0 Å². The molecule has 4 heteroatoms. The molecular formula is C19H19NO3. The zero-order valence-electron chi connectivity index (χ0n) is 13.2. The summed E-state index contributed by atoms with van der Waals surface area (Å²) in [5, 5.41) is 0.944. The quantitative estimate of drug-likeness (QED) is 0.632. The van der Waals surface area contributed by atoms with Crippen LogP contribution in [0.4, 0.5) is 5.69 Å². The van der Waals surface area contributed by atoms with Crippen molar-refractivity contribution in [1.29, 1.82) is 0 Å². The van der Waals surface area contributed by atoms with Crippen LogP contribution in [0.2, 0.25) is 0 Å². The van der Waals surface area contributed by atoms with Crippen molar-refractivity contribution in [3.63, 3.8) is 0 Å². The predicted molar refractivity (Wildman–Crippen MR) is 91.1 cm³/mol. The standard InChI is InChI=1S/C19H19NO3/c1-12(21)6-7-13-11-17(22)23-19-15-5-3-9-20-8-2-4-14(18(15)20)10-16(13)19/h6-7,10-11H,2-5,8-9H2,1H3/b7-6+. The molecule has 4 nitrogen and oxygen atoms in total. The van der Waals surface area contributed by atoms with E-state index in [-0.39, 0.29) is 11.4 Å². The van der Waals surface area contributed by atoms with E-state index in [0.29, 0.717) is 5.58 Å². The number of ketones is 1. The lowest BCUT2D eigenvalue weighted by molar-refractivity contribution is -0.112. The smallest absolute Gasteiger partial charge is 0.336 e. The number of nitrogens with zero attached hydrogens (tertiary/aromatic N) is 1. The third-order valence-corrected chi connectivity index (χ3v) is 4.76. The highest BCUT2D eigenvalue weighted by Crippen LogP contribution is 2.40. The molecule has 0 unspecified atom stereocenters. The molecule has 0 spiro atoms. The fourth-order valence-corrected chi connectivity index (χ4v) is 3.84. The van der Waals surface area contributed by atoms with Crippen LogP contribution in [0, 0.1) is 0 Å². The van der Waals surface area contributed by atoms with Crippen molar-refractivity contribution in [2.24, 2.45) is 0 Å². The first kappa shape index (κ1) is 14.2. The molecule has 3 heterocycles. The number of benzene rings is 1. The summed E-state index contributed by atoms with van der Waals surface area (Å²) in [7, 11) is 0. The van der Waals surface area contributed by atoms with Crippen LogP contribution in [0.15, 0.2) is 27.4 Å². The van der Waals surface area contributed by atoms with Gasteiger partial charge in [-0.3, -0.25) is 4.79 Å². The van der Waals surface area contributed by atoms with Crippen molar-refractivity contribution in [1.82, 2.24) is 0 Å². The maximum atomic E-state index is 12.0. The fraction of sp³-hybridized carbons (Fsp3) is 0.368. The van der Waals surface area contributed by atoms with E-state index >= 15 is 0 Å². The van der Waals surface area contributed by atoms with Crippen LogP contribution >= 0.6 is 0 Å². The van der Waals surface area contributed by atoms with Crippen molar-refractivity contribution in [2.45, 2.75) is 32.6 Å². The number of hydrogen-bond donors (Lipinski definition) is 0. The van der Waals surface area contributed by atoms with E-state index in [9.17, 15) is 9.59 Å². The van der Waals surface area contributed by atoms with Crippen LogP contribution < -0.4 is 10.5 Å². The number of carbonyl (C=O) groups is 1. The van der Waals surface area contributed by atoms with Crippen LogP contribution in [0.25, 0.3) is 17.0 Å². The molecule has 2 aliphatic rings. The summed E-state index contributed by atoms with van der Waals surface area (Å²) in [5.41, 5.74) is 4.90. The monoisotopic (exact) mass is 309 g/mol. The summed E-state index contributed by atoms with van der Waals surface area (Å²) in [6.07, 6.45) is 7.48. The van der Waals surface area contributed by atoms with Crippen LogP contribution in [0.1, 0.15) is 36.5 Å². The Morgan fingerprint density at radius 3 is 2.78 bits per heavy atom. The Labute approximate surface area is 134 Å². The SMILES string of the molecule is CC(=O)/C=C/c1cc(=O)oc2c3c4c(cc12)CCCN4CCC3. The lowest BCUT2D eigenvalue weighted by Gasteiger charge is -2.37. The van der Waals surface area contributed by atoms with Gasteiger partial charge >= 0.3 is 5.63 Å². The van der Waals surface area contributed by atoms with Gasteiger partial charge in [-0.2, -0.15) is 0 Å². The summed E-state index contributed by atoms with van der Waals surface area (Å²) in [6, 6.07) is 3.62. The molecular weight excluding hydrogens is 290 g/mol. The minimum absolute atomic E-state index is 0.0307. The first-order valence-corrected chi connectivity index (χ1v) is 8.20. The summed E-state index contributed by atoms with van der Waals surface area (Å²) >= 11 is 0. The highest BCUT2D eigenvalue weighted by molar-refractivity contribution is 5.97. The number of carbonyl (C=O) groups excluding carboxylic acids is 1. The second-order valence-corrected chi connectivity index (χ2v) is 6.40. The molecule has 0 saturated heterocycles. The first-order valence-electron chi connectivity index (χ1n) is 8.20. The number of fused-ring (bicyclic) bond motifs is 2. The number of hydrogen-bond acceptors (Lipinski definition) is 4. The lowest BCUT2D eigenvalue weighted by Crippen LogP contribution is -2.34. The molecule has 2 aliphatic heterocycles. The third-order valence-electron chi connectivity index (χ3n) is 4.76. The Morgan fingerprint density at radius 1 is 1.22 bits per heavy atom. The van der Waals surface area contributed by atoms with Gasteiger partial charge in [-0.1, -0.05) is 6.08 Å². The molecule has 4 rings (SSSR count). The molecule has 0 fully saturated rings. The Morgan fingerprint density at radius 2 is 2.00 bits per heavy atom. The molecule has 0 N–H and O–H groups in total. The molecule has 0 aliphatic carbocycles. The minimum atomic E-state index is -0.357. The average molecular weight is 309 g/mol. The van der Waals surface area contributed by atoms with Gasteiger partial charge < -0.3 is 9.32 Å². The Hall–Kier alpha value is -2.36. The van der Waals surface area contributed by atoms with Gasteiger partial charge in [0, 0.05) is 35.8 Å². The van der Waals surface area contributed by atoms with Gasteiger partial charge in [0.05, 0.1) is 0 Å². The molecule has 0 atom stereocenters. The molecule has 23 heavy (non-hydrogen) atoms. The highest BCUT2D eigenvalue weighted by atomic mass is 16.4. The molecule has 2 aromatic rings. The van der Waals surface area contributed by atoms with Crippen LogP contribution in [-0.4, -0.2) is 18.9 Å². The second-order valence-electron chi connectivity index (χ2n) is 6.40. The maximum Gasteiger partial charge on any atom is 0.336 e. The fourth-order valence-electron chi connectivity index (χ4n) is 3.84. The van der Waals surface area contributed by atoms with E-state index in [1.165, 1.54) is 35.9 Å². The van der Waals surface area contributed by atoms with E-state index < -0.39 is 0 Å². The van der Waals surface area contributed by atoms with Gasteiger partial charge in [0.15, 0.2) is 5.78 Å². The highest BCUT2D eigenvalue weighted by Gasteiger charge is 2.27. The van der Waals surface area contributed by atoms with Gasteiger partial charge in [-0.15, -0.1) is 0 Å². The Kier molecular flexibility index (Phi) is 3.33. The van der Waals surface area contributed by atoms with E-state index in [0.717, 1.165) is 49.7 Å². The summed E-state index contributed by atoms with van der Waals surface area (Å²) < 4.78 is 5.58. The zero-order valence-corrected chi connectivity index (χ0v) is 13.2. The number of allylic oxidation sites excluding steroid dienone is 1. The van der Waals surface area contributed by atoms with Crippen molar-refractivity contribution in [2.75, 3.05) is 18.0 Å². The molecule has 1 aromatic carbocycles. The van der Waals surface area contributed by atoms with Gasteiger partial charge in [-0.05, 0) is 55.9 Å². The lowest BCUT2D eigenvalue weighted by atomic mass is 9.89. The zero-order chi connectivity index (χ0) is 16.0. The summed E-state index contributed by atoms with van der Waals surface area (Å²) in [5.74, 6) is -0.0307. The summed E-state index contributed by atoms with van der Waals surface area (Å²) in [6.45, 7) is 3.67. The topological polar surface area (TPSA) is 50.5 Å². The molecule has 1 aromatic heterocycles. The minimum Gasteiger partial charge on any atom is -0.422 e. The van der Waals surface area contributed by atoms with Crippen LogP contribution in [-0.2, 0) is 17.6 Å². The van der Waals surface area contributed by atoms with Gasteiger partial charge in [0.1, 0.15) is 5.58 Å². The van der Waals surface area contributed by atoms with Gasteiger partial charge in [-0.25, -0.2) is 4.79 Å². The molecule has 0 bridgehead atoms.